The van der Waals surface area contributed by atoms with Crippen LogP contribution in [0.1, 0.15) is 24.2 Å². The van der Waals surface area contributed by atoms with Gasteiger partial charge in [-0.05, 0) is 26.2 Å². The molecule has 0 unspecified atom stereocenters. The topological polar surface area (TPSA) is 88.2 Å². The van der Waals surface area contributed by atoms with E-state index in [1.54, 1.807) is 11.8 Å². The van der Waals surface area contributed by atoms with E-state index in [9.17, 15) is 4.79 Å². The molecule has 4 N–H and O–H groups in total. The Morgan fingerprint density at radius 3 is 2.76 bits per heavy atom. The number of pyridine rings is 1. The van der Waals surface area contributed by atoms with Gasteiger partial charge in [-0.25, -0.2) is 9.78 Å². The molecule has 0 aliphatic rings. The van der Waals surface area contributed by atoms with Crippen LogP contribution >= 0.6 is 11.8 Å². The van der Waals surface area contributed by atoms with E-state index in [-0.39, 0.29) is 10.3 Å². The molecule has 0 aliphatic carbocycles. The number of nitrogens with one attached hydrogen (secondary N) is 1. The van der Waals surface area contributed by atoms with Crippen molar-refractivity contribution in [1.29, 1.82) is 0 Å². The second-order valence-electron chi connectivity index (χ2n) is 4.28. The van der Waals surface area contributed by atoms with Crippen LogP contribution in [-0.4, -0.2) is 33.6 Å². The van der Waals surface area contributed by atoms with Crippen molar-refractivity contribution in [2.45, 2.75) is 18.6 Å². The minimum atomic E-state index is -1.03. The summed E-state index contributed by atoms with van der Waals surface area (Å²) in [6.45, 7) is 4.91. The summed E-state index contributed by atoms with van der Waals surface area (Å²) in [5.74, 6) is -0.502. The van der Waals surface area contributed by atoms with Crippen molar-refractivity contribution in [3.05, 3.63) is 17.8 Å². The molecular formula is C11H17N3O2S. The second-order valence-corrected chi connectivity index (χ2v) is 5.80. The van der Waals surface area contributed by atoms with Gasteiger partial charge in [-0.2, -0.15) is 11.8 Å². The molecule has 5 nitrogen and oxygen atoms in total. The summed E-state index contributed by atoms with van der Waals surface area (Å²) in [4.78, 5) is 14.7. The summed E-state index contributed by atoms with van der Waals surface area (Å²) in [5.41, 5.74) is 6.18. The number of hydrogen-bond donors (Lipinski definition) is 3. The van der Waals surface area contributed by atoms with Gasteiger partial charge in [0.15, 0.2) is 0 Å². The Balaban J connectivity index is 2.77. The summed E-state index contributed by atoms with van der Waals surface area (Å²) in [5, 5.41) is 11.9. The van der Waals surface area contributed by atoms with Crippen molar-refractivity contribution in [2.75, 3.05) is 23.9 Å². The van der Waals surface area contributed by atoms with Crippen LogP contribution in [0.25, 0.3) is 0 Å². The molecule has 1 aromatic heterocycles. The lowest BCUT2D eigenvalue weighted by Gasteiger charge is -2.23. The average Bonchev–Trinajstić information content (AvgIpc) is 2.27. The first-order valence-electron chi connectivity index (χ1n) is 5.13. The highest BCUT2D eigenvalue weighted by atomic mass is 32.2. The molecular weight excluding hydrogens is 238 g/mol. The second kappa shape index (κ2) is 5.27. The fraction of sp³-hybridized carbons (Fsp3) is 0.455. The van der Waals surface area contributed by atoms with Crippen molar-refractivity contribution in [3.8, 4) is 0 Å². The monoisotopic (exact) mass is 255 g/mol. The van der Waals surface area contributed by atoms with Crippen LogP contribution in [-0.2, 0) is 0 Å². The quantitative estimate of drug-likeness (QED) is 0.745. The van der Waals surface area contributed by atoms with Gasteiger partial charge in [0.05, 0.1) is 11.3 Å². The minimum Gasteiger partial charge on any atom is -0.478 e. The Morgan fingerprint density at radius 2 is 2.29 bits per heavy atom. The number of nitrogen functional groups attached to an aromatic ring is 1. The molecule has 0 spiro atoms. The maximum atomic E-state index is 10.7. The molecule has 0 saturated heterocycles. The summed E-state index contributed by atoms with van der Waals surface area (Å²) < 4.78 is 0.0690. The van der Waals surface area contributed by atoms with Gasteiger partial charge >= 0.3 is 5.97 Å². The Labute approximate surface area is 105 Å². The number of hydrogen-bond acceptors (Lipinski definition) is 5. The molecule has 0 aromatic carbocycles. The summed E-state index contributed by atoms with van der Waals surface area (Å²) in [7, 11) is 0. The van der Waals surface area contributed by atoms with Crippen molar-refractivity contribution < 1.29 is 9.90 Å². The first-order chi connectivity index (χ1) is 7.85. The van der Waals surface area contributed by atoms with E-state index in [0.717, 1.165) is 0 Å². The molecule has 0 amide bonds. The number of rotatable bonds is 5. The molecule has 1 rings (SSSR count). The summed E-state index contributed by atoms with van der Waals surface area (Å²) >= 11 is 1.74. The van der Waals surface area contributed by atoms with Crippen LogP contribution in [0.2, 0.25) is 0 Å². The number of thioether (sulfide) groups is 1. The fourth-order valence-corrected chi connectivity index (χ4v) is 1.33. The first-order valence-corrected chi connectivity index (χ1v) is 6.36. The van der Waals surface area contributed by atoms with Gasteiger partial charge in [-0.3, -0.25) is 0 Å². The zero-order chi connectivity index (χ0) is 13.1. The van der Waals surface area contributed by atoms with Crippen molar-refractivity contribution in [2.24, 2.45) is 0 Å². The molecule has 0 aliphatic heterocycles. The smallest absolute Gasteiger partial charge is 0.337 e. The van der Waals surface area contributed by atoms with Gasteiger partial charge < -0.3 is 16.2 Å². The maximum Gasteiger partial charge on any atom is 0.337 e. The van der Waals surface area contributed by atoms with E-state index in [1.165, 1.54) is 12.3 Å². The third-order valence-corrected chi connectivity index (χ3v) is 3.65. The molecule has 6 heteroatoms. The molecule has 17 heavy (non-hydrogen) atoms. The number of nitrogens with zero attached hydrogens (tertiary/aromatic N) is 1. The lowest BCUT2D eigenvalue weighted by molar-refractivity contribution is 0.0696. The Kier molecular flexibility index (Phi) is 4.22. The third kappa shape index (κ3) is 3.81. The zero-order valence-corrected chi connectivity index (χ0v) is 11.0. The number of aromatic carboxylic acids is 1. The SMILES string of the molecule is CSC(C)(C)CNc1ncc(C(=O)O)cc1N. The predicted octanol–water partition coefficient (Wildman–Crippen LogP) is 1.92. The van der Waals surface area contributed by atoms with E-state index >= 15 is 0 Å². The minimum absolute atomic E-state index is 0.0690. The van der Waals surface area contributed by atoms with Gasteiger partial charge in [-0.15, -0.1) is 0 Å². The van der Waals surface area contributed by atoms with Crippen LogP contribution in [0.15, 0.2) is 12.3 Å². The standard InChI is InChI=1S/C11H17N3O2S/c1-11(2,17-3)6-14-9-8(12)4-7(5-13-9)10(15)16/h4-5H,6,12H2,1-3H3,(H,13,14)(H,15,16). The molecule has 0 bridgehead atoms. The normalized spacial score (nSPS) is 11.2. The molecule has 0 radical (unpaired) electrons. The van der Waals surface area contributed by atoms with Crippen molar-refractivity contribution >= 4 is 29.2 Å². The van der Waals surface area contributed by atoms with Crippen LogP contribution in [0.5, 0.6) is 0 Å². The Bertz CT molecular complexity index is 421. The molecule has 0 atom stereocenters. The van der Waals surface area contributed by atoms with Crippen LogP contribution in [0, 0.1) is 0 Å². The van der Waals surface area contributed by atoms with Crippen molar-refractivity contribution in [1.82, 2.24) is 4.98 Å². The molecule has 0 fully saturated rings. The lowest BCUT2D eigenvalue weighted by Crippen LogP contribution is -2.26. The van der Waals surface area contributed by atoms with Gasteiger partial charge in [0.2, 0.25) is 0 Å². The number of nitrogens with two attached hydrogens (primary N) is 1. The molecule has 1 heterocycles. The van der Waals surface area contributed by atoms with Gasteiger partial charge in [0.25, 0.3) is 0 Å². The van der Waals surface area contributed by atoms with Gasteiger partial charge in [0, 0.05) is 17.5 Å². The van der Waals surface area contributed by atoms with E-state index in [1.807, 2.05) is 6.26 Å². The zero-order valence-electron chi connectivity index (χ0n) is 10.2. The Hall–Kier alpha value is -1.43. The largest absolute Gasteiger partial charge is 0.478 e. The number of anilines is 2. The number of carboxylic acids is 1. The molecule has 94 valence electrons. The third-order valence-electron chi connectivity index (χ3n) is 2.40. The van der Waals surface area contributed by atoms with E-state index < -0.39 is 5.97 Å². The predicted molar refractivity (Wildman–Crippen MR) is 71.7 cm³/mol. The number of carbonyl (C=O) groups is 1. The summed E-state index contributed by atoms with van der Waals surface area (Å²) in [6.07, 6.45) is 3.33. The summed E-state index contributed by atoms with van der Waals surface area (Å²) in [6, 6.07) is 1.41. The highest BCUT2D eigenvalue weighted by Gasteiger charge is 2.16. The number of carboxylic acid groups (broad SMARTS) is 1. The number of aromatic nitrogens is 1. The van der Waals surface area contributed by atoms with Gasteiger partial charge in [0.1, 0.15) is 5.82 Å². The first kappa shape index (κ1) is 13.6. The van der Waals surface area contributed by atoms with Crippen LogP contribution in [0.4, 0.5) is 11.5 Å². The highest BCUT2D eigenvalue weighted by molar-refractivity contribution is 7.99. The van der Waals surface area contributed by atoms with E-state index in [2.05, 4.69) is 24.1 Å². The average molecular weight is 255 g/mol. The maximum absolute atomic E-state index is 10.7. The molecule has 1 aromatic rings. The van der Waals surface area contributed by atoms with E-state index in [4.69, 9.17) is 10.8 Å². The van der Waals surface area contributed by atoms with Crippen LogP contribution in [0.3, 0.4) is 0 Å². The fourth-order valence-electron chi connectivity index (χ4n) is 1.12. The van der Waals surface area contributed by atoms with Gasteiger partial charge in [-0.1, -0.05) is 0 Å². The van der Waals surface area contributed by atoms with E-state index in [0.29, 0.717) is 18.1 Å². The molecule has 0 saturated carbocycles. The lowest BCUT2D eigenvalue weighted by atomic mass is 10.2. The van der Waals surface area contributed by atoms with Crippen molar-refractivity contribution in [3.63, 3.8) is 0 Å². The highest BCUT2D eigenvalue weighted by Crippen LogP contribution is 2.23. The van der Waals surface area contributed by atoms with Crippen LogP contribution < -0.4 is 11.1 Å². The Morgan fingerprint density at radius 1 is 1.65 bits per heavy atom.